The molecule has 4 nitrogen and oxygen atoms in total. The molecule has 0 fully saturated rings. The highest BCUT2D eigenvalue weighted by Crippen LogP contribution is 2.26. The number of fused-ring (bicyclic) bond motifs is 1. The van der Waals surface area contributed by atoms with Crippen LogP contribution in [-0.4, -0.2) is 9.55 Å². The first-order valence-corrected chi connectivity index (χ1v) is 8.19. The van der Waals surface area contributed by atoms with Crippen LogP contribution in [0.25, 0.3) is 21.7 Å². The molecule has 0 aliphatic carbocycles. The van der Waals surface area contributed by atoms with E-state index in [9.17, 15) is 4.79 Å². The van der Waals surface area contributed by atoms with E-state index < -0.39 is 0 Å². The Morgan fingerprint density at radius 2 is 2.10 bits per heavy atom. The summed E-state index contributed by atoms with van der Waals surface area (Å²) in [7, 11) is 0. The lowest BCUT2D eigenvalue weighted by molar-refractivity contribution is 0.516. The molecule has 21 heavy (non-hydrogen) atoms. The van der Waals surface area contributed by atoms with Gasteiger partial charge in [-0.3, -0.25) is 4.57 Å². The van der Waals surface area contributed by atoms with Crippen molar-refractivity contribution in [1.29, 1.82) is 0 Å². The molecule has 1 aromatic carbocycles. The second-order valence-electron chi connectivity index (χ2n) is 4.58. The van der Waals surface area contributed by atoms with Crippen molar-refractivity contribution in [2.75, 3.05) is 0 Å². The Morgan fingerprint density at radius 3 is 2.95 bits per heavy atom. The first-order valence-electron chi connectivity index (χ1n) is 6.36. The molecule has 0 amide bonds. The molecule has 0 bridgehead atoms. The van der Waals surface area contributed by atoms with Gasteiger partial charge in [-0.2, -0.15) is 11.3 Å². The summed E-state index contributed by atoms with van der Waals surface area (Å²) < 4.78 is 6.85. The zero-order chi connectivity index (χ0) is 14.2. The standard InChI is InChI=1S/C15H10N2O2S2/c18-15-17(12-3-1-2-4-13(12)19-15)7-11-9-21-14(16-11)10-5-6-20-8-10/h1-6,8-9H,7H2. The molecule has 0 atom stereocenters. The first-order chi connectivity index (χ1) is 10.3. The van der Waals surface area contributed by atoms with Crippen LogP contribution in [0.15, 0.2) is 55.7 Å². The van der Waals surface area contributed by atoms with Gasteiger partial charge in [0.05, 0.1) is 17.8 Å². The third kappa shape index (κ3) is 2.22. The Bertz CT molecular complexity index is 948. The number of benzene rings is 1. The van der Waals surface area contributed by atoms with Crippen LogP contribution in [0.2, 0.25) is 0 Å². The largest absolute Gasteiger partial charge is 0.420 e. The van der Waals surface area contributed by atoms with Gasteiger partial charge in [0, 0.05) is 16.3 Å². The summed E-state index contributed by atoms with van der Waals surface area (Å²) >= 11 is 3.24. The Labute approximate surface area is 127 Å². The molecule has 0 spiro atoms. The van der Waals surface area contributed by atoms with Gasteiger partial charge in [-0.05, 0) is 23.6 Å². The lowest BCUT2D eigenvalue weighted by Crippen LogP contribution is -2.14. The average molecular weight is 314 g/mol. The van der Waals surface area contributed by atoms with Gasteiger partial charge in [-0.25, -0.2) is 9.78 Å². The minimum absolute atomic E-state index is 0.346. The maximum atomic E-state index is 12.0. The number of nitrogens with zero attached hydrogens (tertiary/aromatic N) is 2. The van der Waals surface area contributed by atoms with E-state index in [-0.39, 0.29) is 5.76 Å². The zero-order valence-electron chi connectivity index (χ0n) is 10.9. The van der Waals surface area contributed by atoms with Gasteiger partial charge >= 0.3 is 5.76 Å². The van der Waals surface area contributed by atoms with E-state index in [1.807, 2.05) is 35.0 Å². The number of rotatable bonds is 3. The van der Waals surface area contributed by atoms with Gasteiger partial charge in [0.25, 0.3) is 0 Å². The van der Waals surface area contributed by atoms with Crippen LogP contribution in [0.1, 0.15) is 5.69 Å². The molecule has 104 valence electrons. The molecule has 0 unspecified atom stereocenters. The molecular formula is C15H10N2O2S2. The van der Waals surface area contributed by atoms with Crippen LogP contribution in [0.3, 0.4) is 0 Å². The summed E-state index contributed by atoms with van der Waals surface area (Å²) in [4.78, 5) is 16.6. The molecule has 6 heteroatoms. The Balaban J connectivity index is 1.72. The molecule has 4 aromatic rings. The lowest BCUT2D eigenvalue weighted by atomic mass is 10.3. The van der Waals surface area contributed by atoms with E-state index in [1.54, 1.807) is 33.3 Å². The van der Waals surface area contributed by atoms with Crippen LogP contribution >= 0.6 is 22.7 Å². The third-order valence-electron chi connectivity index (χ3n) is 3.21. The van der Waals surface area contributed by atoms with E-state index >= 15 is 0 Å². The number of thiophene rings is 1. The summed E-state index contributed by atoms with van der Waals surface area (Å²) in [6, 6.07) is 9.48. The van der Waals surface area contributed by atoms with Gasteiger partial charge in [-0.1, -0.05) is 12.1 Å². The molecule has 0 radical (unpaired) electrons. The number of oxazole rings is 1. The minimum Gasteiger partial charge on any atom is -0.408 e. The van der Waals surface area contributed by atoms with Crippen molar-refractivity contribution in [3.05, 3.63) is 62.7 Å². The molecule has 3 heterocycles. The number of hydrogen-bond donors (Lipinski definition) is 0. The van der Waals surface area contributed by atoms with Crippen molar-refractivity contribution in [3.8, 4) is 10.6 Å². The SMILES string of the molecule is O=c1oc2ccccc2n1Cc1csc(-c2ccsc2)n1. The first kappa shape index (κ1) is 12.6. The molecule has 0 N–H and O–H groups in total. The number of para-hydroxylation sites is 2. The van der Waals surface area contributed by atoms with E-state index in [0.717, 1.165) is 21.8 Å². The quantitative estimate of drug-likeness (QED) is 0.577. The highest BCUT2D eigenvalue weighted by molar-refractivity contribution is 7.14. The molecule has 3 aromatic heterocycles. The van der Waals surface area contributed by atoms with Gasteiger partial charge in [0.1, 0.15) is 5.01 Å². The van der Waals surface area contributed by atoms with E-state index in [4.69, 9.17) is 4.42 Å². The Morgan fingerprint density at radius 1 is 1.19 bits per heavy atom. The van der Waals surface area contributed by atoms with Crippen molar-refractivity contribution in [2.45, 2.75) is 6.54 Å². The molecule has 0 aliphatic heterocycles. The molecule has 0 aliphatic rings. The lowest BCUT2D eigenvalue weighted by Gasteiger charge is -1.98. The normalized spacial score (nSPS) is 11.2. The van der Waals surface area contributed by atoms with Crippen LogP contribution in [-0.2, 0) is 6.54 Å². The zero-order valence-corrected chi connectivity index (χ0v) is 12.5. The van der Waals surface area contributed by atoms with Crippen molar-refractivity contribution in [2.24, 2.45) is 0 Å². The van der Waals surface area contributed by atoms with E-state index in [2.05, 4.69) is 10.4 Å². The van der Waals surface area contributed by atoms with Gasteiger partial charge < -0.3 is 4.42 Å². The maximum absolute atomic E-state index is 12.0. The minimum atomic E-state index is -0.346. The fourth-order valence-electron chi connectivity index (χ4n) is 2.22. The summed E-state index contributed by atoms with van der Waals surface area (Å²) in [6.45, 7) is 0.427. The maximum Gasteiger partial charge on any atom is 0.420 e. The second-order valence-corrected chi connectivity index (χ2v) is 6.22. The predicted molar refractivity (Wildman–Crippen MR) is 85.0 cm³/mol. The average Bonchev–Trinajstić information content (AvgIpc) is 3.20. The summed E-state index contributed by atoms with van der Waals surface area (Å²) in [5.74, 6) is -0.346. The predicted octanol–water partition coefficient (Wildman–Crippen LogP) is 3.83. The van der Waals surface area contributed by atoms with Gasteiger partial charge in [0.2, 0.25) is 0 Å². The van der Waals surface area contributed by atoms with E-state index in [0.29, 0.717) is 12.1 Å². The fraction of sp³-hybridized carbons (Fsp3) is 0.0667. The summed E-state index contributed by atoms with van der Waals surface area (Å²) in [5.41, 5.74) is 3.40. The highest BCUT2D eigenvalue weighted by Gasteiger charge is 2.11. The summed E-state index contributed by atoms with van der Waals surface area (Å²) in [5, 5.41) is 7.07. The van der Waals surface area contributed by atoms with Crippen molar-refractivity contribution in [3.63, 3.8) is 0 Å². The highest BCUT2D eigenvalue weighted by atomic mass is 32.1. The third-order valence-corrected chi connectivity index (χ3v) is 4.84. The number of thiazole rings is 1. The monoisotopic (exact) mass is 314 g/mol. The molecule has 0 saturated carbocycles. The Kier molecular flexibility index (Phi) is 2.98. The van der Waals surface area contributed by atoms with Crippen LogP contribution in [0.4, 0.5) is 0 Å². The van der Waals surface area contributed by atoms with Gasteiger partial charge in [0.15, 0.2) is 5.58 Å². The molecular weight excluding hydrogens is 304 g/mol. The number of hydrogen-bond acceptors (Lipinski definition) is 5. The summed E-state index contributed by atoms with van der Waals surface area (Å²) in [6.07, 6.45) is 0. The van der Waals surface area contributed by atoms with Crippen molar-refractivity contribution < 1.29 is 4.42 Å². The molecule has 0 saturated heterocycles. The van der Waals surface area contributed by atoms with Crippen molar-refractivity contribution >= 4 is 33.8 Å². The molecule has 4 rings (SSSR count). The second kappa shape index (κ2) is 4.98. The van der Waals surface area contributed by atoms with Gasteiger partial charge in [-0.15, -0.1) is 11.3 Å². The number of aromatic nitrogens is 2. The fourth-order valence-corrected chi connectivity index (χ4v) is 3.75. The smallest absolute Gasteiger partial charge is 0.408 e. The Hall–Kier alpha value is -2.18. The van der Waals surface area contributed by atoms with Crippen LogP contribution in [0.5, 0.6) is 0 Å². The van der Waals surface area contributed by atoms with Crippen LogP contribution < -0.4 is 5.76 Å². The van der Waals surface area contributed by atoms with E-state index in [1.165, 1.54) is 0 Å². The topological polar surface area (TPSA) is 48.0 Å². The van der Waals surface area contributed by atoms with Crippen molar-refractivity contribution in [1.82, 2.24) is 9.55 Å². The van der Waals surface area contributed by atoms with Crippen LogP contribution in [0, 0.1) is 0 Å².